The molecule has 0 aliphatic rings. The van der Waals surface area contributed by atoms with Crippen molar-refractivity contribution < 1.29 is 19.1 Å². The van der Waals surface area contributed by atoms with Gasteiger partial charge in [-0.05, 0) is 26.8 Å². The lowest BCUT2D eigenvalue weighted by Crippen LogP contribution is -2.33. The molecule has 0 saturated heterocycles. The van der Waals surface area contributed by atoms with Gasteiger partial charge < -0.3 is 14.3 Å². The van der Waals surface area contributed by atoms with Gasteiger partial charge in [0.25, 0.3) is 0 Å². The molecule has 102 valence electrons. The Morgan fingerprint density at radius 3 is 2.67 bits per heavy atom. The van der Waals surface area contributed by atoms with Crippen LogP contribution < -0.4 is 0 Å². The van der Waals surface area contributed by atoms with Gasteiger partial charge in [0.05, 0.1) is 6.61 Å². The van der Waals surface area contributed by atoms with Crippen molar-refractivity contribution in [3.63, 3.8) is 0 Å². The molecule has 1 aromatic heterocycles. The summed E-state index contributed by atoms with van der Waals surface area (Å²) >= 11 is 0. The largest absolute Gasteiger partial charge is 0.475 e. The van der Waals surface area contributed by atoms with E-state index in [4.69, 9.17) is 14.3 Å². The lowest BCUT2D eigenvalue weighted by atomic mass is 10.2. The predicted octanol–water partition coefficient (Wildman–Crippen LogP) is 2.14. The van der Waals surface area contributed by atoms with E-state index in [2.05, 4.69) is 18.7 Å². The van der Waals surface area contributed by atoms with Gasteiger partial charge in [0, 0.05) is 31.8 Å². The van der Waals surface area contributed by atoms with Crippen LogP contribution in [0.5, 0.6) is 0 Å². The fraction of sp³-hybridized carbons (Fsp3) is 0.615. The summed E-state index contributed by atoms with van der Waals surface area (Å²) in [5.74, 6) is -0.370. The van der Waals surface area contributed by atoms with Crippen LogP contribution in [0.3, 0.4) is 0 Å². The van der Waals surface area contributed by atoms with Crippen molar-refractivity contribution in [1.29, 1.82) is 0 Å². The van der Waals surface area contributed by atoms with Crippen LogP contribution in [0.25, 0.3) is 0 Å². The normalized spacial score (nSPS) is 11.4. The second kappa shape index (κ2) is 6.56. The van der Waals surface area contributed by atoms with Crippen LogP contribution in [0.1, 0.15) is 35.7 Å². The maximum Gasteiger partial charge on any atom is 0.371 e. The van der Waals surface area contributed by atoms with E-state index in [1.54, 1.807) is 20.1 Å². The lowest BCUT2D eigenvalue weighted by molar-refractivity contribution is 0.0661. The smallest absolute Gasteiger partial charge is 0.371 e. The van der Waals surface area contributed by atoms with E-state index in [1.165, 1.54) is 0 Å². The van der Waals surface area contributed by atoms with Gasteiger partial charge in [0.2, 0.25) is 5.76 Å². The Hall–Kier alpha value is -1.33. The molecule has 0 unspecified atom stereocenters. The summed E-state index contributed by atoms with van der Waals surface area (Å²) in [5.41, 5.74) is 0.914. The van der Waals surface area contributed by atoms with Crippen molar-refractivity contribution in [2.45, 2.75) is 33.4 Å². The Kier molecular flexibility index (Phi) is 5.37. The fourth-order valence-corrected chi connectivity index (χ4v) is 1.73. The van der Waals surface area contributed by atoms with Crippen LogP contribution >= 0.6 is 0 Å². The van der Waals surface area contributed by atoms with Crippen molar-refractivity contribution in [3.05, 3.63) is 23.2 Å². The first-order chi connectivity index (χ1) is 8.45. The Balaban J connectivity index is 2.76. The minimum absolute atomic E-state index is 0.00190. The summed E-state index contributed by atoms with van der Waals surface area (Å²) in [6.45, 7) is 8.12. The van der Waals surface area contributed by atoms with Gasteiger partial charge in [-0.15, -0.1) is 0 Å². The third-order valence-corrected chi connectivity index (χ3v) is 2.92. The van der Waals surface area contributed by atoms with Crippen LogP contribution in [0.15, 0.2) is 10.5 Å². The molecular formula is C13H21NO4. The minimum Gasteiger partial charge on any atom is -0.475 e. The molecule has 1 rings (SSSR count). The standard InChI is InChI=1S/C13H21NO4/c1-9(2)14(5-6-17-4)8-11-7-12(13(15)16)18-10(11)3/h7,9H,5-6,8H2,1-4H3,(H,15,16). The van der Waals surface area contributed by atoms with Gasteiger partial charge in [-0.1, -0.05) is 0 Å². The molecule has 0 aromatic carbocycles. The first kappa shape index (κ1) is 14.7. The highest BCUT2D eigenvalue weighted by atomic mass is 16.5. The van der Waals surface area contributed by atoms with Crippen molar-refractivity contribution in [3.8, 4) is 0 Å². The Morgan fingerprint density at radius 2 is 2.22 bits per heavy atom. The third kappa shape index (κ3) is 3.85. The van der Waals surface area contributed by atoms with Crippen molar-refractivity contribution in [1.82, 2.24) is 4.90 Å². The van der Waals surface area contributed by atoms with Gasteiger partial charge >= 0.3 is 5.97 Å². The number of carboxylic acids is 1. The van der Waals surface area contributed by atoms with Crippen LogP contribution in [0, 0.1) is 6.92 Å². The van der Waals surface area contributed by atoms with Gasteiger partial charge in [0.15, 0.2) is 0 Å². The highest BCUT2D eigenvalue weighted by Gasteiger charge is 2.17. The molecular weight excluding hydrogens is 234 g/mol. The number of hydrogen-bond donors (Lipinski definition) is 1. The number of ether oxygens (including phenoxy) is 1. The molecule has 0 spiro atoms. The van der Waals surface area contributed by atoms with E-state index < -0.39 is 5.97 Å². The number of rotatable bonds is 7. The first-order valence-electron chi connectivity index (χ1n) is 6.01. The summed E-state index contributed by atoms with van der Waals surface area (Å²) in [7, 11) is 1.67. The second-order valence-corrected chi connectivity index (χ2v) is 4.55. The van der Waals surface area contributed by atoms with E-state index in [0.29, 0.717) is 25.0 Å². The number of aryl methyl sites for hydroxylation is 1. The monoisotopic (exact) mass is 255 g/mol. The van der Waals surface area contributed by atoms with E-state index in [1.807, 2.05) is 0 Å². The number of furan rings is 1. The average molecular weight is 255 g/mol. The molecule has 1 N–H and O–H groups in total. The third-order valence-electron chi connectivity index (χ3n) is 2.92. The van der Waals surface area contributed by atoms with Gasteiger partial charge in [-0.3, -0.25) is 4.90 Å². The number of nitrogens with zero attached hydrogens (tertiary/aromatic N) is 1. The number of methoxy groups -OCH3 is 1. The zero-order valence-electron chi connectivity index (χ0n) is 11.4. The molecule has 0 fully saturated rings. The quantitative estimate of drug-likeness (QED) is 0.808. The number of carbonyl (C=O) groups is 1. The van der Waals surface area contributed by atoms with Crippen molar-refractivity contribution in [2.24, 2.45) is 0 Å². The maximum absolute atomic E-state index is 10.8. The maximum atomic E-state index is 10.8. The van der Waals surface area contributed by atoms with Crippen LogP contribution in [0.2, 0.25) is 0 Å². The molecule has 18 heavy (non-hydrogen) atoms. The summed E-state index contributed by atoms with van der Waals surface area (Å²) in [4.78, 5) is 13.0. The summed E-state index contributed by atoms with van der Waals surface area (Å²) in [6.07, 6.45) is 0. The minimum atomic E-state index is -1.03. The van der Waals surface area contributed by atoms with E-state index in [-0.39, 0.29) is 5.76 Å². The Bertz CT molecular complexity index is 398. The van der Waals surface area contributed by atoms with Crippen molar-refractivity contribution in [2.75, 3.05) is 20.3 Å². The Morgan fingerprint density at radius 1 is 1.56 bits per heavy atom. The zero-order chi connectivity index (χ0) is 13.7. The molecule has 0 amide bonds. The molecule has 0 radical (unpaired) electrons. The summed E-state index contributed by atoms with van der Waals surface area (Å²) in [6, 6.07) is 1.96. The van der Waals surface area contributed by atoms with E-state index in [0.717, 1.165) is 12.1 Å². The molecule has 0 aliphatic carbocycles. The summed E-state index contributed by atoms with van der Waals surface area (Å²) < 4.78 is 10.3. The molecule has 0 atom stereocenters. The van der Waals surface area contributed by atoms with Crippen LogP contribution in [-0.2, 0) is 11.3 Å². The van der Waals surface area contributed by atoms with Gasteiger partial charge in [-0.2, -0.15) is 0 Å². The molecule has 1 aromatic rings. The summed E-state index contributed by atoms with van der Waals surface area (Å²) in [5, 5.41) is 8.88. The van der Waals surface area contributed by atoms with Gasteiger partial charge in [-0.25, -0.2) is 4.79 Å². The highest BCUT2D eigenvalue weighted by molar-refractivity contribution is 5.84. The molecule has 0 aliphatic heterocycles. The molecule has 1 heterocycles. The van der Waals surface area contributed by atoms with Crippen molar-refractivity contribution >= 4 is 5.97 Å². The number of carboxylic acid groups (broad SMARTS) is 1. The van der Waals surface area contributed by atoms with Gasteiger partial charge in [0.1, 0.15) is 5.76 Å². The molecule has 5 nitrogen and oxygen atoms in total. The lowest BCUT2D eigenvalue weighted by Gasteiger charge is -2.25. The van der Waals surface area contributed by atoms with E-state index in [9.17, 15) is 4.79 Å². The SMILES string of the molecule is COCCN(Cc1cc(C(=O)O)oc1C)C(C)C. The highest BCUT2D eigenvalue weighted by Crippen LogP contribution is 2.17. The fourth-order valence-electron chi connectivity index (χ4n) is 1.73. The first-order valence-corrected chi connectivity index (χ1v) is 6.01. The zero-order valence-corrected chi connectivity index (χ0v) is 11.4. The predicted molar refractivity (Wildman–Crippen MR) is 67.8 cm³/mol. The molecule has 5 heteroatoms. The van der Waals surface area contributed by atoms with Crippen LogP contribution in [-0.4, -0.2) is 42.3 Å². The van der Waals surface area contributed by atoms with E-state index >= 15 is 0 Å². The number of aromatic carboxylic acids is 1. The average Bonchev–Trinajstić information content (AvgIpc) is 2.66. The molecule has 0 saturated carbocycles. The molecule has 0 bridgehead atoms. The number of hydrogen-bond acceptors (Lipinski definition) is 4. The van der Waals surface area contributed by atoms with Crippen LogP contribution in [0.4, 0.5) is 0 Å². The topological polar surface area (TPSA) is 62.9 Å². The second-order valence-electron chi connectivity index (χ2n) is 4.55. The Labute approximate surface area is 107 Å².